The summed E-state index contributed by atoms with van der Waals surface area (Å²) in [5.41, 5.74) is 8.44. The van der Waals surface area contributed by atoms with Gasteiger partial charge in [-0.1, -0.05) is 63.4 Å². The number of hydrogen-bond acceptors (Lipinski definition) is 3. The number of rotatable bonds is 7. The Bertz CT molecular complexity index is 1060. The lowest BCUT2D eigenvalue weighted by molar-refractivity contribution is 0.203. The molecule has 0 aliphatic carbocycles. The van der Waals surface area contributed by atoms with Gasteiger partial charge in [-0.2, -0.15) is 0 Å². The first-order valence-electron chi connectivity index (χ1n) is 13.0. The molecule has 2 aliphatic rings. The first-order valence-corrected chi connectivity index (χ1v) is 14.0. The van der Waals surface area contributed by atoms with Gasteiger partial charge in [0.2, 0.25) is 0 Å². The zero-order valence-corrected chi connectivity index (χ0v) is 23.6. The lowest BCUT2D eigenvalue weighted by atomic mass is 9.86. The molecule has 2 heterocycles. The number of nitrogens with zero attached hydrogens (tertiary/aromatic N) is 1. The van der Waals surface area contributed by atoms with Crippen LogP contribution in [0.3, 0.4) is 0 Å². The van der Waals surface area contributed by atoms with E-state index in [-0.39, 0.29) is 6.04 Å². The summed E-state index contributed by atoms with van der Waals surface area (Å²) in [4.78, 5) is 2.34. The summed E-state index contributed by atoms with van der Waals surface area (Å²) in [7, 11) is 0. The van der Waals surface area contributed by atoms with Crippen molar-refractivity contribution in [2.45, 2.75) is 75.1 Å². The van der Waals surface area contributed by atoms with E-state index in [4.69, 9.17) is 0 Å². The summed E-state index contributed by atoms with van der Waals surface area (Å²) < 4.78 is 13.3. The fourth-order valence-corrected chi connectivity index (χ4v) is 6.10. The predicted octanol–water partition coefficient (Wildman–Crippen LogP) is 7.05. The van der Waals surface area contributed by atoms with E-state index in [2.05, 4.69) is 72.9 Å². The van der Waals surface area contributed by atoms with E-state index >= 15 is 0 Å². The molecule has 188 valence electrons. The highest BCUT2D eigenvalue weighted by atomic mass is 127. The summed E-state index contributed by atoms with van der Waals surface area (Å²) in [5.74, 6) is 0.968. The maximum atomic E-state index is 14.7. The van der Waals surface area contributed by atoms with Crippen molar-refractivity contribution in [1.82, 2.24) is 15.5 Å². The van der Waals surface area contributed by atoms with Crippen LogP contribution in [0.5, 0.6) is 0 Å². The van der Waals surface area contributed by atoms with Crippen LogP contribution in [0.2, 0.25) is 0 Å². The van der Waals surface area contributed by atoms with Gasteiger partial charge in [0, 0.05) is 18.2 Å². The standard InChI is InChI=1S/C30H39FIN3/c1-6-22-11-12-25(30(5,31)32)19-24(22)18-23-9-8-10-28(27(23)7-2)29-17-20(3)35(21(4)34-29)26-13-15-33-16-14-26/h8-12,19,26,29,33-34H,3-4,6-7,13-18H2,1-2,5H3. The largest absolute Gasteiger partial charge is 0.365 e. The Morgan fingerprint density at radius 1 is 1.06 bits per heavy atom. The molecule has 0 amide bonds. The smallest absolute Gasteiger partial charge is 0.183 e. The highest BCUT2D eigenvalue weighted by Gasteiger charge is 2.32. The summed E-state index contributed by atoms with van der Waals surface area (Å²) >= 11 is 1.88. The van der Waals surface area contributed by atoms with Gasteiger partial charge in [0.15, 0.2) is 3.68 Å². The number of piperidine rings is 1. The zero-order chi connectivity index (χ0) is 25.2. The Morgan fingerprint density at radius 2 is 1.80 bits per heavy atom. The molecule has 2 saturated heterocycles. The van der Waals surface area contributed by atoms with Crippen LogP contribution in [0, 0.1) is 0 Å². The topological polar surface area (TPSA) is 27.3 Å². The third-order valence-electron chi connectivity index (χ3n) is 7.60. The minimum atomic E-state index is -1.37. The molecule has 0 spiro atoms. The Labute approximate surface area is 224 Å². The molecule has 0 radical (unpaired) electrons. The van der Waals surface area contributed by atoms with Crippen LogP contribution in [0.1, 0.15) is 79.5 Å². The molecule has 2 unspecified atom stereocenters. The molecule has 2 aromatic rings. The van der Waals surface area contributed by atoms with E-state index in [1.165, 1.54) is 27.8 Å². The van der Waals surface area contributed by atoms with Crippen molar-refractivity contribution >= 4 is 22.6 Å². The number of aryl methyl sites for hydroxylation is 1. The highest BCUT2D eigenvalue weighted by Crippen LogP contribution is 2.37. The van der Waals surface area contributed by atoms with Gasteiger partial charge in [-0.05, 0) is 108 Å². The average Bonchev–Trinajstić information content (AvgIpc) is 2.83. The van der Waals surface area contributed by atoms with Crippen molar-refractivity contribution in [1.29, 1.82) is 0 Å². The number of hydrogen-bond donors (Lipinski definition) is 2. The van der Waals surface area contributed by atoms with E-state index < -0.39 is 3.68 Å². The summed E-state index contributed by atoms with van der Waals surface area (Å²) in [6.07, 6.45) is 5.83. The minimum absolute atomic E-state index is 0.170. The molecule has 0 bridgehead atoms. The molecule has 2 fully saturated rings. The number of halogens is 2. The minimum Gasteiger partial charge on any atom is -0.365 e. The van der Waals surface area contributed by atoms with E-state index in [0.29, 0.717) is 6.04 Å². The second-order valence-electron chi connectivity index (χ2n) is 10.0. The van der Waals surface area contributed by atoms with Crippen LogP contribution >= 0.6 is 22.6 Å². The molecule has 2 atom stereocenters. The van der Waals surface area contributed by atoms with Crippen LogP contribution in [0.25, 0.3) is 0 Å². The Hall–Kier alpha value is -1.86. The van der Waals surface area contributed by atoms with Gasteiger partial charge < -0.3 is 15.5 Å². The normalized spacial score (nSPS) is 21.1. The third-order valence-corrected chi connectivity index (χ3v) is 8.22. The van der Waals surface area contributed by atoms with Crippen LogP contribution in [-0.2, 0) is 22.9 Å². The Kier molecular flexibility index (Phi) is 8.26. The quantitative estimate of drug-likeness (QED) is 0.269. The molecule has 0 aromatic heterocycles. The van der Waals surface area contributed by atoms with E-state index in [9.17, 15) is 4.39 Å². The van der Waals surface area contributed by atoms with Gasteiger partial charge in [-0.3, -0.25) is 0 Å². The average molecular weight is 588 g/mol. The van der Waals surface area contributed by atoms with Gasteiger partial charge >= 0.3 is 0 Å². The second-order valence-corrected chi connectivity index (χ2v) is 12.0. The molecule has 2 N–H and O–H groups in total. The van der Waals surface area contributed by atoms with Crippen molar-refractivity contribution in [3.8, 4) is 0 Å². The lowest BCUT2D eigenvalue weighted by Gasteiger charge is -2.44. The monoisotopic (exact) mass is 587 g/mol. The van der Waals surface area contributed by atoms with Crippen LogP contribution in [0.15, 0.2) is 61.1 Å². The van der Waals surface area contributed by atoms with Gasteiger partial charge in [-0.25, -0.2) is 4.39 Å². The second kappa shape index (κ2) is 11.0. The third kappa shape index (κ3) is 5.77. The SMILES string of the molecule is C=C1CC(c2cccc(Cc3cc(C(C)(F)I)ccc3CC)c2CC)NC(=C)N1C1CCNCC1. The molecule has 35 heavy (non-hydrogen) atoms. The van der Waals surface area contributed by atoms with Gasteiger partial charge in [-0.15, -0.1) is 0 Å². The maximum Gasteiger partial charge on any atom is 0.183 e. The number of alkyl halides is 2. The lowest BCUT2D eigenvalue weighted by Crippen LogP contribution is -2.48. The van der Waals surface area contributed by atoms with Crippen LogP contribution in [0.4, 0.5) is 4.39 Å². The van der Waals surface area contributed by atoms with Crippen LogP contribution in [-0.4, -0.2) is 24.0 Å². The first kappa shape index (κ1) is 26.2. The fraction of sp³-hybridized carbons (Fsp3) is 0.467. The van der Waals surface area contributed by atoms with Gasteiger partial charge in [0.05, 0.1) is 11.9 Å². The zero-order valence-electron chi connectivity index (χ0n) is 21.4. The predicted molar refractivity (Wildman–Crippen MR) is 153 cm³/mol. The van der Waals surface area contributed by atoms with Crippen molar-refractivity contribution < 1.29 is 4.39 Å². The number of benzene rings is 2. The van der Waals surface area contributed by atoms with E-state index in [0.717, 1.165) is 68.7 Å². The van der Waals surface area contributed by atoms with Gasteiger partial charge in [0.25, 0.3) is 0 Å². The van der Waals surface area contributed by atoms with Crippen molar-refractivity contribution in [3.05, 3.63) is 94.5 Å². The molecular weight excluding hydrogens is 548 g/mol. The maximum absolute atomic E-state index is 14.7. The Morgan fingerprint density at radius 3 is 2.43 bits per heavy atom. The molecule has 2 aliphatic heterocycles. The number of nitrogens with one attached hydrogen (secondary N) is 2. The van der Waals surface area contributed by atoms with E-state index in [1.54, 1.807) is 6.92 Å². The molecule has 4 rings (SSSR count). The molecule has 2 aromatic carbocycles. The first-order chi connectivity index (χ1) is 16.7. The summed E-state index contributed by atoms with van der Waals surface area (Å²) in [6.45, 7) is 17.0. The van der Waals surface area contributed by atoms with Crippen molar-refractivity contribution in [2.75, 3.05) is 13.1 Å². The van der Waals surface area contributed by atoms with Crippen molar-refractivity contribution in [3.63, 3.8) is 0 Å². The van der Waals surface area contributed by atoms with Crippen molar-refractivity contribution in [2.24, 2.45) is 0 Å². The van der Waals surface area contributed by atoms with Crippen LogP contribution < -0.4 is 10.6 Å². The molecule has 5 heteroatoms. The van der Waals surface area contributed by atoms with E-state index in [1.807, 2.05) is 28.7 Å². The molecular formula is C30H39FIN3. The highest BCUT2D eigenvalue weighted by molar-refractivity contribution is 14.1. The fourth-order valence-electron chi connectivity index (χ4n) is 5.77. The summed E-state index contributed by atoms with van der Waals surface area (Å²) in [6, 6.07) is 13.4. The van der Waals surface area contributed by atoms with Gasteiger partial charge in [0.1, 0.15) is 0 Å². The molecule has 3 nitrogen and oxygen atoms in total. The molecule has 0 saturated carbocycles. The Balaban J connectivity index is 1.61. The summed E-state index contributed by atoms with van der Waals surface area (Å²) in [5, 5.41) is 7.18.